The number of phenols is 1. The van der Waals surface area contributed by atoms with Crippen molar-refractivity contribution in [2.45, 2.75) is 6.61 Å². The molecule has 166 valence electrons. The first-order chi connectivity index (χ1) is 15.8. The topological polar surface area (TPSA) is 95.9 Å². The van der Waals surface area contributed by atoms with Crippen LogP contribution in [0.1, 0.15) is 11.1 Å². The van der Waals surface area contributed by atoms with E-state index in [0.717, 1.165) is 4.90 Å². The average Bonchev–Trinajstić information content (AvgIpc) is 2.77. The summed E-state index contributed by atoms with van der Waals surface area (Å²) in [6, 6.07) is 15.5. The highest BCUT2D eigenvalue weighted by molar-refractivity contribution is 9.10. The highest BCUT2D eigenvalue weighted by Gasteiger charge is 2.37. The highest BCUT2D eigenvalue weighted by Crippen LogP contribution is 2.29. The van der Waals surface area contributed by atoms with Gasteiger partial charge in [0.2, 0.25) is 0 Å². The van der Waals surface area contributed by atoms with E-state index >= 15 is 0 Å². The quantitative estimate of drug-likeness (QED) is 0.388. The van der Waals surface area contributed by atoms with Gasteiger partial charge in [-0.15, -0.1) is 0 Å². The van der Waals surface area contributed by atoms with Gasteiger partial charge in [-0.05, 0) is 66.2 Å². The molecule has 9 heteroatoms. The molecule has 0 spiro atoms. The third-order valence-electron chi connectivity index (χ3n) is 4.76. The molecule has 0 aromatic heterocycles. The van der Waals surface area contributed by atoms with Crippen molar-refractivity contribution in [3.8, 4) is 11.5 Å². The van der Waals surface area contributed by atoms with Gasteiger partial charge in [0, 0.05) is 10.0 Å². The number of anilines is 1. The van der Waals surface area contributed by atoms with E-state index in [-0.39, 0.29) is 23.6 Å². The second-order valence-electron chi connectivity index (χ2n) is 7.07. The van der Waals surface area contributed by atoms with Crippen LogP contribution in [0.2, 0.25) is 0 Å². The lowest BCUT2D eigenvalue weighted by molar-refractivity contribution is -0.122. The predicted octanol–water partition coefficient (Wildman–Crippen LogP) is 4.54. The maximum Gasteiger partial charge on any atom is 0.335 e. The Balaban J connectivity index is 1.67. The molecule has 0 aliphatic carbocycles. The number of halogens is 2. The Morgan fingerprint density at radius 3 is 2.52 bits per heavy atom. The minimum atomic E-state index is -0.898. The van der Waals surface area contributed by atoms with E-state index in [0.29, 0.717) is 21.3 Å². The van der Waals surface area contributed by atoms with Crippen molar-refractivity contribution in [2.75, 3.05) is 4.90 Å². The summed E-state index contributed by atoms with van der Waals surface area (Å²) >= 11 is 3.35. The Morgan fingerprint density at radius 1 is 1.03 bits per heavy atom. The SMILES string of the molecule is O=C1NC(=O)N(c2ccc(O)cc2)C(=O)/C1=C/c1cc(Br)ccc1OCc1cccc(F)c1. The van der Waals surface area contributed by atoms with E-state index in [1.165, 1.54) is 42.5 Å². The number of hydrogen-bond donors (Lipinski definition) is 2. The lowest BCUT2D eigenvalue weighted by Gasteiger charge is -2.26. The number of hydrogen-bond acceptors (Lipinski definition) is 5. The van der Waals surface area contributed by atoms with Crippen molar-refractivity contribution in [1.29, 1.82) is 0 Å². The molecule has 1 fully saturated rings. The molecule has 1 heterocycles. The second-order valence-corrected chi connectivity index (χ2v) is 7.99. The second kappa shape index (κ2) is 9.25. The fourth-order valence-electron chi connectivity index (χ4n) is 3.20. The third-order valence-corrected chi connectivity index (χ3v) is 5.26. The first-order valence-electron chi connectivity index (χ1n) is 9.69. The molecule has 0 atom stereocenters. The molecule has 3 aromatic rings. The van der Waals surface area contributed by atoms with Crippen LogP contribution in [0.3, 0.4) is 0 Å². The van der Waals surface area contributed by atoms with Crippen LogP contribution < -0.4 is 15.0 Å². The summed E-state index contributed by atoms with van der Waals surface area (Å²) in [5, 5.41) is 11.6. The van der Waals surface area contributed by atoms with Gasteiger partial charge in [-0.1, -0.05) is 28.1 Å². The average molecular weight is 511 g/mol. The monoisotopic (exact) mass is 510 g/mol. The summed E-state index contributed by atoms with van der Waals surface area (Å²) in [5.74, 6) is -1.76. The van der Waals surface area contributed by atoms with Crippen LogP contribution in [0.15, 0.2) is 76.8 Å². The Kier molecular flexibility index (Phi) is 6.23. The number of ether oxygens (including phenoxy) is 1. The first-order valence-corrected chi connectivity index (χ1v) is 10.5. The standard InChI is InChI=1S/C24H16BrFN2O5/c25-16-4-9-21(33-13-14-2-1-3-17(26)10-14)15(11-16)12-20-22(30)27-24(32)28(23(20)31)18-5-7-19(29)8-6-18/h1-12,29H,13H2,(H,27,30,32)/b20-12+. The van der Waals surface area contributed by atoms with Crippen molar-refractivity contribution in [3.63, 3.8) is 0 Å². The number of rotatable bonds is 5. The fraction of sp³-hybridized carbons (Fsp3) is 0.0417. The summed E-state index contributed by atoms with van der Waals surface area (Å²) in [6.07, 6.45) is 1.32. The minimum Gasteiger partial charge on any atom is -0.508 e. The number of aromatic hydroxyl groups is 1. The van der Waals surface area contributed by atoms with Crippen molar-refractivity contribution in [3.05, 3.63) is 93.7 Å². The summed E-state index contributed by atoms with van der Waals surface area (Å²) in [4.78, 5) is 38.7. The van der Waals surface area contributed by atoms with Gasteiger partial charge in [-0.25, -0.2) is 14.1 Å². The van der Waals surface area contributed by atoms with Gasteiger partial charge < -0.3 is 9.84 Å². The van der Waals surface area contributed by atoms with Crippen molar-refractivity contribution < 1.29 is 28.6 Å². The van der Waals surface area contributed by atoms with Crippen molar-refractivity contribution in [1.82, 2.24) is 5.32 Å². The van der Waals surface area contributed by atoms with Crippen LogP contribution >= 0.6 is 15.9 Å². The highest BCUT2D eigenvalue weighted by atomic mass is 79.9. The van der Waals surface area contributed by atoms with Gasteiger partial charge >= 0.3 is 6.03 Å². The normalized spacial score (nSPS) is 15.0. The number of carbonyl (C=O) groups is 3. The molecular formula is C24H16BrFN2O5. The van der Waals surface area contributed by atoms with Gasteiger partial charge in [0.1, 0.15) is 29.5 Å². The molecule has 1 aliphatic heterocycles. The summed E-state index contributed by atoms with van der Waals surface area (Å²) < 4.78 is 19.9. The van der Waals surface area contributed by atoms with Crippen LogP contribution in [0.4, 0.5) is 14.9 Å². The molecule has 0 saturated carbocycles. The number of benzene rings is 3. The molecule has 1 aliphatic rings. The van der Waals surface area contributed by atoms with Gasteiger partial charge in [-0.2, -0.15) is 0 Å². The van der Waals surface area contributed by atoms with E-state index in [2.05, 4.69) is 21.2 Å². The zero-order chi connectivity index (χ0) is 23.5. The molecule has 3 aromatic carbocycles. The summed E-state index contributed by atoms with van der Waals surface area (Å²) in [6.45, 7) is 0.0633. The van der Waals surface area contributed by atoms with Crippen LogP contribution in [-0.4, -0.2) is 23.0 Å². The molecule has 33 heavy (non-hydrogen) atoms. The van der Waals surface area contributed by atoms with E-state index < -0.39 is 23.7 Å². The molecule has 0 bridgehead atoms. The lowest BCUT2D eigenvalue weighted by atomic mass is 10.1. The van der Waals surface area contributed by atoms with Crippen LogP contribution in [0.25, 0.3) is 6.08 Å². The molecule has 7 nitrogen and oxygen atoms in total. The molecule has 4 amide bonds. The Labute approximate surface area is 196 Å². The molecular weight excluding hydrogens is 495 g/mol. The van der Waals surface area contributed by atoms with Crippen molar-refractivity contribution in [2.24, 2.45) is 0 Å². The predicted molar refractivity (Wildman–Crippen MR) is 122 cm³/mol. The van der Waals surface area contributed by atoms with Gasteiger partial charge in [0.15, 0.2) is 0 Å². The minimum absolute atomic E-state index is 0.0373. The van der Waals surface area contributed by atoms with Crippen LogP contribution in [0, 0.1) is 5.82 Å². The number of nitrogens with one attached hydrogen (secondary N) is 1. The zero-order valence-electron chi connectivity index (χ0n) is 16.9. The Bertz CT molecular complexity index is 1290. The van der Waals surface area contributed by atoms with E-state index in [1.807, 2.05) is 0 Å². The molecule has 1 saturated heterocycles. The van der Waals surface area contributed by atoms with Gasteiger partial charge in [-0.3, -0.25) is 14.9 Å². The number of phenolic OH excluding ortho intramolecular Hbond substituents is 1. The number of amides is 4. The number of barbiturate groups is 1. The fourth-order valence-corrected chi connectivity index (χ4v) is 3.58. The number of nitrogens with zero attached hydrogens (tertiary/aromatic N) is 1. The number of carbonyl (C=O) groups excluding carboxylic acids is 3. The molecule has 2 N–H and O–H groups in total. The lowest BCUT2D eigenvalue weighted by Crippen LogP contribution is -2.54. The number of imide groups is 2. The van der Waals surface area contributed by atoms with E-state index in [9.17, 15) is 23.9 Å². The maximum atomic E-state index is 13.5. The molecule has 0 unspecified atom stereocenters. The Hall–Kier alpha value is -3.98. The maximum absolute atomic E-state index is 13.5. The largest absolute Gasteiger partial charge is 0.508 e. The van der Waals surface area contributed by atoms with Crippen LogP contribution in [-0.2, 0) is 16.2 Å². The summed E-state index contributed by atoms with van der Waals surface area (Å²) in [5.41, 5.74) is 0.910. The summed E-state index contributed by atoms with van der Waals surface area (Å²) in [7, 11) is 0. The van der Waals surface area contributed by atoms with Crippen molar-refractivity contribution >= 4 is 45.5 Å². The third kappa shape index (κ3) is 4.93. The molecule has 0 radical (unpaired) electrons. The molecule has 4 rings (SSSR count). The van der Waals surface area contributed by atoms with Crippen LogP contribution in [0.5, 0.6) is 11.5 Å². The van der Waals surface area contributed by atoms with Gasteiger partial charge in [0.25, 0.3) is 11.8 Å². The van der Waals surface area contributed by atoms with E-state index in [1.54, 1.807) is 30.3 Å². The van der Waals surface area contributed by atoms with Gasteiger partial charge in [0.05, 0.1) is 5.69 Å². The Morgan fingerprint density at radius 2 is 1.79 bits per heavy atom. The van der Waals surface area contributed by atoms with E-state index in [4.69, 9.17) is 4.74 Å². The first kappa shape index (κ1) is 22.2. The zero-order valence-corrected chi connectivity index (χ0v) is 18.5. The smallest absolute Gasteiger partial charge is 0.335 e. The number of urea groups is 1.